The second-order valence-corrected chi connectivity index (χ2v) is 6.14. The molecule has 0 fully saturated rings. The van der Waals surface area contributed by atoms with Gasteiger partial charge >= 0.3 is 0 Å². The van der Waals surface area contributed by atoms with Gasteiger partial charge in [0.15, 0.2) is 0 Å². The minimum Gasteiger partial charge on any atom is -0.320 e. The lowest BCUT2D eigenvalue weighted by Gasteiger charge is -2.18. The minimum atomic E-state index is -0.425. The molecule has 1 aromatic heterocycles. The van der Waals surface area contributed by atoms with Crippen LogP contribution in [-0.2, 0) is 6.54 Å². The molecule has 0 saturated carbocycles. The lowest BCUT2D eigenvalue weighted by atomic mass is 9.94. The second kappa shape index (κ2) is 6.44. The fraction of sp³-hybridized carbons (Fsp3) is 0.444. The van der Waals surface area contributed by atoms with Crippen LogP contribution in [0.25, 0.3) is 0 Å². The number of hydrogen-bond acceptors (Lipinski definition) is 3. The van der Waals surface area contributed by atoms with Crippen LogP contribution in [0, 0.1) is 13.8 Å². The van der Waals surface area contributed by atoms with E-state index < -0.39 is 6.04 Å². The van der Waals surface area contributed by atoms with Crippen LogP contribution in [-0.4, -0.2) is 9.78 Å². The van der Waals surface area contributed by atoms with Gasteiger partial charge in [0.05, 0.1) is 11.7 Å². The number of aromatic nitrogens is 2. The van der Waals surface area contributed by atoms with Crippen molar-refractivity contribution < 1.29 is 0 Å². The molecule has 0 saturated heterocycles. The average Bonchev–Trinajstić information content (AvgIpc) is 2.46. The molecule has 4 nitrogen and oxygen atoms in total. The van der Waals surface area contributed by atoms with Crippen LogP contribution in [0.1, 0.15) is 60.7 Å². The summed E-state index contributed by atoms with van der Waals surface area (Å²) in [6, 6.07) is 7.58. The molecule has 4 heteroatoms. The molecule has 1 heterocycles. The fourth-order valence-corrected chi connectivity index (χ4v) is 2.65. The highest BCUT2D eigenvalue weighted by atomic mass is 16.1. The lowest BCUT2D eigenvalue weighted by molar-refractivity contribution is 0.572. The first-order chi connectivity index (χ1) is 10.3. The first kappa shape index (κ1) is 16.4. The van der Waals surface area contributed by atoms with Gasteiger partial charge in [-0.25, -0.2) is 4.68 Å². The quantitative estimate of drug-likeness (QED) is 0.944. The van der Waals surface area contributed by atoms with Gasteiger partial charge in [-0.05, 0) is 43.9 Å². The van der Waals surface area contributed by atoms with Crippen molar-refractivity contribution in [1.29, 1.82) is 0 Å². The Bertz CT molecular complexity index is 732. The third-order valence-corrected chi connectivity index (χ3v) is 4.01. The third-order valence-electron chi connectivity index (χ3n) is 4.01. The number of nitrogens with two attached hydrogens (primary N) is 1. The summed E-state index contributed by atoms with van der Waals surface area (Å²) in [5.41, 5.74) is 11.1. The number of nitrogens with zero attached hydrogens (tertiary/aromatic N) is 2. The molecule has 0 amide bonds. The van der Waals surface area contributed by atoms with E-state index in [1.54, 1.807) is 0 Å². The molecule has 0 aliphatic rings. The van der Waals surface area contributed by atoms with E-state index in [4.69, 9.17) is 5.73 Å². The zero-order valence-electron chi connectivity index (χ0n) is 14.1. The van der Waals surface area contributed by atoms with E-state index in [9.17, 15) is 4.79 Å². The smallest absolute Gasteiger partial charge is 0.271 e. The van der Waals surface area contributed by atoms with Gasteiger partial charge in [0.25, 0.3) is 5.56 Å². The molecule has 2 N–H and O–H groups in total. The summed E-state index contributed by atoms with van der Waals surface area (Å²) in [7, 11) is 0. The Hall–Kier alpha value is -1.94. The van der Waals surface area contributed by atoms with Crippen LogP contribution in [0.5, 0.6) is 0 Å². The largest absolute Gasteiger partial charge is 0.320 e. The molecule has 1 unspecified atom stereocenters. The van der Waals surface area contributed by atoms with E-state index in [-0.39, 0.29) is 11.5 Å². The van der Waals surface area contributed by atoms with E-state index in [2.05, 4.69) is 31.9 Å². The molecule has 0 bridgehead atoms. The Labute approximate surface area is 132 Å². The topological polar surface area (TPSA) is 60.9 Å². The molecule has 2 aromatic rings. The van der Waals surface area contributed by atoms with Gasteiger partial charge in [0.1, 0.15) is 0 Å². The van der Waals surface area contributed by atoms with Crippen molar-refractivity contribution in [3.63, 3.8) is 0 Å². The van der Waals surface area contributed by atoms with Gasteiger partial charge < -0.3 is 5.73 Å². The molecule has 0 aliphatic heterocycles. The van der Waals surface area contributed by atoms with Crippen molar-refractivity contribution in [2.45, 2.75) is 53.1 Å². The minimum absolute atomic E-state index is 0.0978. The van der Waals surface area contributed by atoms with E-state index in [1.165, 1.54) is 10.2 Å². The SMILES string of the molecule is CCn1nc(C(C)C)cc(C(N)c2ccc(C)cc2C)c1=O. The average molecular weight is 299 g/mol. The van der Waals surface area contributed by atoms with Crippen LogP contribution in [0.4, 0.5) is 0 Å². The molecule has 1 aromatic carbocycles. The summed E-state index contributed by atoms with van der Waals surface area (Å²) >= 11 is 0. The number of hydrogen-bond donors (Lipinski definition) is 1. The van der Waals surface area contributed by atoms with Crippen LogP contribution in [0.2, 0.25) is 0 Å². The van der Waals surface area contributed by atoms with Gasteiger partial charge in [0.2, 0.25) is 0 Å². The normalized spacial score (nSPS) is 12.7. The van der Waals surface area contributed by atoms with Crippen molar-refractivity contribution in [1.82, 2.24) is 9.78 Å². The lowest BCUT2D eigenvalue weighted by Crippen LogP contribution is -2.31. The molecule has 2 rings (SSSR count). The standard InChI is InChI=1S/C18H25N3O/c1-6-21-18(22)15(10-16(20-21)11(2)3)17(19)14-8-7-12(4)9-13(14)5/h7-11,17H,6,19H2,1-5H3. The summed E-state index contributed by atoms with van der Waals surface area (Å²) in [6.45, 7) is 10.7. The van der Waals surface area contributed by atoms with Gasteiger partial charge in [-0.3, -0.25) is 4.79 Å². The Morgan fingerprint density at radius 3 is 2.41 bits per heavy atom. The number of benzene rings is 1. The molecule has 1 atom stereocenters. The highest BCUT2D eigenvalue weighted by molar-refractivity contribution is 5.38. The fourth-order valence-electron chi connectivity index (χ4n) is 2.65. The summed E-state index contributed by atoms with van der Waals surface area (Å²) in [5, 5.41) is 4.41. The molecule has 22 heavy (non-hydrogen) atoms. The first-order valence-electron chi connectivity index (χ1n) is 7.79. The molecule has 0 aliphatic carbocycles. The number of aryl methyl sites for hydroxylation is 3. The Balaban J connectivity index is 2.59. The highest BCUT2D eigenvalue weighted by Crippen LogP contribution is 2.23. The van der Waals surface area contributed by atoms with Crippen molar-refractivity contribution in [2.24, 2.45) is 5.73 Å². The van der Waals surface area contributed by atoms with Crippen LogP contribution in [0.3, 0.4) is 0 Å². The third kappa shape index (κ3) is 3.12. The first-order valence-corrected chi connectivity index (χ1v) is 7.79. The predicted molar refractivity (Wildman–Crippen MR) is 90.2 cm³/mol. The summed E-state index contributed by atoms with van der Waals surface area (Å²) in [5.74, 6) is 0.253. The predicted octanol–water partition coefficient (Wildman–Crippen LogP) is 3.05. The summed E-state index contributed by atoms with van der Waals surface area (Å²) in [4.78, 5) is 12.6. The monoisotopic (exact) mass is 299 g/mol. The van der Waals surface area contributed by atoms with Gasteiger partial charge in [0, 0.05) is 12.1 Å². The van der Waals surface area contributed by atoms with Gasteiger partial charge in [-0.15, -0.1) is 0 Å². The van der Waals surface area contributed by atoms with Gasteiger partial charge in [-0.1, -0.05) is 37.6 Å². The van der Waals surface area contributed by atoms with E-state index in [0.717, 1.165) is 16.8 Å². The van der Waals surface area contributed by atoms with E-state index >= 15 is 0 Å². The Morgan fingerprint density at radius 1 is 1.18 bits per heavy atom. The van der Waals surface area contributed by atoms with E-state index in [1.807, 2.05) is 32.0 Å². The van der Waals surface area contributed by atoms with Crippen molar-refractivity contribution in [3.05, 3.63) is 62.6 Å². The molecule has 118 valence electrons. The van der Waals surface area contributed by atoms with Crippen molar-refractivity contribution in [2.75, 3.05) is 0 Å². The molecule has 0 radical (unpaired) electrons. The van der Waals surface area contributed by atoms with Gasteiger partial charge in [-0.2, -0.15) is 5.10 Å². The van der Waals surface area contributed by atoms with Crippen LogP contribution in [0.15, 0.2) is 29.1 Å². The maximum Gasteiger partial charge on any atom is 0.271 e. The highest BCUT2D eigenvalue weighted by Gasteiger charge is 2.18. The molecular formula is C18H25N3O. The summed E-state index contributed by atoms with van der Waals surface area (Å²) in [6.07, 6.45) is 0. The Kier molecular flexibility index (Phi) is 4.81. The Morgan fingerprint density at radius 2 is 1.86 bits per heavy atom. The zero-order valence-corrected chi connectivity index (χ0v) is 14.1. The number of rotatable bonds is 4. The molecular weight excluding hydrogens is 274 g/mol. The second-order valence-electron chi connectivity index (χ2n) is 6.14. The maximum atomic E-state index is 12.6. The van der Waals surface area contributed by atoms with Crippen LogP contribution < -0.4 is 11.3 Å². The van der Waals surface area contributed by atoms with E-state index in [0.29, 0.717) is 12.1 Å². The van der Waals surface area contributed by atoms with Crippen molar-refractivity contribution >= 4 is 0 Å². The van der Waals surface area contributed by atoms with Crippen molar-refractivity contribution in [3.8, 4) is 0 Å². The maximum absolute atomic E-state index is 12.6. The zero-order chi connectivity index (χ0) is 16.4. The summed E-state index contributed by atoms with van der Waals surface area (Å²) < 4.78 is 1.51. The van der Waals surface area contributed by atoms with Crippen LogP contribution >= 0.6 is 0 Å². The molecule has 0 spiro atoms.